The van der Waals surface area contributed by atoms with Crippen LogP contribution in [0.25, 0.3) is 0 Å². The summed E-state index contributed by atoms with van der Waals surface area (Å²) in [5.41, 5.74) is 2.53. The molecule has 5 heteroatoms. The molecule has 20 heavy (non-hydrogen) atoms. The van der Waals surface area contributed by atoms with Crippen molar-refractivity contribution in [2.45, 2.75) is 32.0 Å². The standard InChI is InChI=1S/C15H17N3O2/c19-10-12-3-1-11(2-4-12)9-18-15(20)7-14(8-16-18)17-13-5-6-13/h1-4,7-8,13,17,19H,5-6,9-10H2. The van der Waals surface area contributed by atoms with Gasteiger partial charge < -0.3 is 10.4 Å². The number of aliphatic hydroxyl groups excluding tert-OH is 1. The van der Waals surface area contributed by atoms with E-state index < -0.39 is 0 Å². The Morgan fingerprint density at radius 1 is 1.25 bits per heavy atom. The van der Waals surface area contributed by atoms with Gasteiger partial charge in [-0.15, -0.1) is 0 Å². The fourth-order valence-corrected chi connectivity index (χ4v) is 2.02. The number of nitrogens with one attached hydrogen (secondary N) is 1. The van der Waals surface area contributed by atoms with Gasteiger partial charge in [-0.25, -0.2) is 4.68 Å². The van der Waals surface area contributed by atoms with Crippen molar-refractivity contribution in [3.63, 3.8) is 0 Å². The molecule has 1 fully saturated rings. The molecular formula is C15H17N3O2. The van der Waals surface area contributed by atoms with Crippen molar-refractivity contribution in [2.75, 3.05) is 5.32 Å². The summed E-state index contributed by atoms with van der Waals surface area (Å²) in [6.07, 6.45) is 4.03. The van der Waals surface area contributed by atoms with E-state index in [9.17, 15) is 4.79 Å². The number of anilines is 1. The summed E-state index contributed by atoms with van der Waals surface area (Å²) in [5.74, 6) is 0. The largest absolute Gasteiger partial charge is 0.392 e. The lowest BCUT2D eigenvalue weighted by atomic mass is 10.1. The Hall–Kier alpha value is -2.14. The van der Waals surface area contributed by atoms with E-state index in [4.69, 9.17) is 5.11 Å². The third kappa shape index (κ3) is 3.05. The van der Waals surface area contributed by atoms with Crippen molar-refractivity contribution >= 4 is 5.69 Å². The van der Waals surface area contributed by atoms with Crippen molar-refractivity contribution in [3.8, 4) is 0 Å². The quantitative estimate of drug-likeness (QED) is 0.861. The lowest BCUT2D eigenvalue weighted by Crippen LogP contribution is -2.23. The molecular weight excluding hydrogens is 254 g/mol. The Morgan fingerprint density at radius 2 is 1.95 bits per heavy atom. The van der Waals surface area contributed by atoms with Crippen molar-refractivity contribution in [2.24, 2.45) is 0 Å². The third-order valence-corrected chi connectivity index (χ3v) is 3.36. The van der Waals surface area contributed by atoms with E-state index in [-0.39, 0.29) is 12.2 Å². The Morgan fingerprint density at radius 3 is 2.55 bits per heavy atom. The summed E-state index contributed by atoms with van der Waals surface area (Å²) in [7, 11) is 0. The number of nitrogens with zero attached hydrogens (tertiary/aromatic N) is 2. The second-order valence-electron chi connectivity index (χ2n) is 5.13. The van der Waals surface area contributed by atoms with E-state index in [2.05, 4.69) is 10.4 Å². The Balaban J connectivity index is 1.74. The number of benzene rings is 1. The average Bonchev–Trinajstić information content (AvgIpc) is 3.27. The summed E-state index contributed by atoms with van der Waals surface area (Å²) in [5, 5.41) is 16.4. The summed E-state index contributed by atoms with van der Waals surface area (Å²) in [6.45, 7) is 0.467. The van der Waals surface area contributed by atoms with Gasteiger partial charge in [-0.2, -0.15) is 5.10 Å². The number of aromatic nitrogens is 2. The molecule has 1 aromatic heterocycles. The van der Waals surface area contributed by atoms with Gasteiger partial charge in [0.25, 0.3) is 5.56 Å². The van der Waals surface area contributed by atoms with E-state index in [0.717, 1.165) is 16.8 Å². The van der Waals surface area contributed by atoms with Gasteiger partial charge >= 0.3 is 0 Å². The molecule has 0 aliphatic heterocycles. The molecule has 0 bridgehead atoms. The number of hydrogen-bond donors (Lipinski definition) is 2. The van der Waals surface area contributed by atoms with Gasteiger partial charge in [0.05, 0.1) is 25.0 Å². The first-order valence-electron chi connectivity index (χ1n) is 6.77. The second-order valence-corrected chi connectivity index (χ2v) is 5.13. The van der Waals surface area contributed by atoms with E-state index in [1.54, 1.807) is 12.3 Å². The molecule has 0 radical (unpaired) electrons. The molecule has 1 aromatic carbocycles. The second kappa shape index (κ2) is 5.46. The third-order valence-electron chi connectivity index (χ3n) is 3.36. The maximum absolute atomic E-state index is 12.0. The molecule has 0 spiro atoms. The van der Waals surface area contributed by atoms with Gasteiger partial charge in [0.15, 0.2) is 0 Å². The first-order valence-corrected chi connectivity index (χ1v) is 6.77. The minimum atomic E-state index is -0.109. The maximum atomic E-state index is 12.0. The van der Waals surface area contributed by atoms with Crippen LogP contribution in [-0.4, -0.2) is 20.9 Å². The Kier molecular flexibility index (Phi) is 3.52. The molecule has 0 unspecified atom stereocenters. The molecule has 5 nitrogen and oxygen atoms in total. The van der Waals surface area contributed by atoms with Gasteiger partial charge in [-0.3, -0.25) is 4.79 Å². The van der Waals surface area contributed by atoms with Gasteiger partial charge in [-0.1, -0.05) is 24.3 Å². The molecule has 1 aliphatic carbocycles. The summed E-state index contributed by atoms with van der Waals surface area (Å²) >= 11 is 0. The molecule has 0 saturated heterocycles. The van der Waals surface area contributed by atoms with Crippen LogP contribution in [0.1, 0.15) is 24.0 Å². The van der Waals surface area contributed by atoms with Gasteiger partial charge in [0, 0.05) is 12.1 Å². The highest BCUT2D eigenvalue weighted by atomic mass is 16.3. The molecule has 1 saturated carbocycles. The van der Waals surface area contributed by atoms with Gasteiger partial charge in [-0.05, 0) is 24.0 Å². The van der Waals surface area contributed by atoms with Crippen LogP contribution in [0.2, 0.25) is 0 Å². The normalized spacial score (nSPS) is 14.2. The highest BCUT2D eigenvalue weighted by Gasteiger charge is 2.21. The van der Waals surface area contributed by atoms with Crippen molar-refractivity contribution < 1.29 is 5.11 Å². The van der Waals surface area contributed by atoms with Gasteiger partial charge in [0.2, 0.25) is 0 Å². The number of rotatable bonds is 5. The molecule has 2 N–H and O–H groups in total. The van der Waals surface area contributed by atoms with E-state index in [0.29, 0.717) is 12.6 Å². The Labute approximate surface area is 116 Å². The first-order chi connectivity index (χ1) is 9.74. The van der Waals surface area contributed by atoms with Gasteiger partial charge in [0.1, 0.15) is 0 Å². The maximum Gasteiger partial charge on any atom is 0.269 e. The molecule has 104 valence electrons. The molecule has 3 rings (SSSR count). The zero-order chi connectivity index (χ0) is 13.9. The van der Waals surface area contributed by atoms with E-state index >= 15 is 0 Å². The summed E-state index contributed by atoms with van der Waals surface area (Å²) < 4.78 is 1.44. The fourth-order valence-electron chi connectivity index (χ4n) is 2.02. The molecule has 1 aliphatic rings. The first kappa shape index (κ1) is 12.9. The van der Waals surface area contributed by atoms with Crippen LogP contribution in [-0.2, 0) is 13.2 Å². The summed E-state index contributed by atoms with van der Waals surface area (Å²) in [6, 6.07) is 9.60. The smallest absolute Gasteiger partial charge is 0.269 e. The van der Waals surface area contributed by atoms with Crippen LogP contribution in [0, 0.1) is 0 Å². The monoisotopic (exact) mass is 271 g/mol. The lowest BCUT2D eigenvalue weighted by Gasteiger charge is -2.07. The molecule has 0 amide bonds. The highest BCUT2D eigenvalue weighted by molar-refractivity contribution is 5.41. The van der Waals surface area contributed by atoms with E-state index in [1.807, 2.05) is 24.3 Å². The predicted octanol–water partition coefficient (Wildman–Crippen LogP) is 1.36. The van der Waals surface area contributed by atoms with Crippen LogP contribution < -0.4 is 10.9 Å². The van der Waals surface area contributed by atoms with E-state index in [1.165, 1.54) is 17.5 Å². The van der Waals surface area contributed by atoms with Crippen molar-refractivity contribution in [3.05, 3.63) is 58.0 Å². The SMILES string of the molecule is O=c1cc(NC2CC2)cnn1Cc1ccc(CO)cc1. The highest BCUT2D eigenvalue weighted by Crippen LogP contribution is 2.23. The average molecular weight is 271 g/mol. The Bertz CT molecular complexity index is 645. The van der Waals surface area contributed by atoms with Crippen LogP contribution in [0.5, 0.6) is 0 Å². The molecule has 2 aromatic rings. The minimum absolute atomic E-state index is 0.0278. The fraction of sp³-hybridized carbons (Fsp3) is 0.333. The summed E-state index contributed by atoms with van der Waals surface area (Å²) in [4.78, 5) is 12.0. The van der Waals surface area contributed by atoms with Crippen LogP contribution in [0.3, 0.4) is 0 Å². The molecule has 1 heterocycles. The predicted molar refractivity (Wildman–Crippen MR) is 76.6 cm³/mol. The van der Waals surface area contributed by atoms with Crippen molar-refractivity contribution in [1.82, 2.24) is 9.78 Å². The topological polar surface area (TPSA) is 67.2 Å². The number of hydrogen-bond acceptors (Lipinski definition) is 4. The van der Waals surface area contributed by atoms with Crippen LogP contribution in [0.4, 0.5) is 5.69 Å². The zero-order valence-corrected chi connectivity index (χ0v) is 11.1. The minimum Gasteiger partial charge on any atom is -0.392 e. The number of aliphatic hydroxyl groups is 1. The zero-order valence-electron chi connectivity index (χ0n) is 11.1. The lowest BCUT2D eigenvalue weighted by molar-refractivity contribution is 0.282. The molecule has 0 atom stereocenters. The van der Waals surface area contributed by atoms with Crippen molar-refractivity contribution in [1.29, 1.82) is 0 Å². The van der Waals surface area contributed by atoms with Crippen LogP contribution >= 0.6 is 0 Å². The van der Waals surface area contributed by atoms with Crippen LogP contribution in [0.15, 0.2) is 41.3 Å².